The normalized spacial score (nSPS) is 16.5. The van der Waals surface area contributed by atoms with E-state index in [1.54, 1.807) is 11.0 Å². The third kappa shape index (κ3) is 2.59. The molecule has 6 heteroatoms. The summed E-state index contributed by atoms with van der Waals surface area (Å²) in [6.45, 7) is 1.41. The van der Waals surface area contributed by atoms with E-state index in [1.165, 1.54) is 25.1 Å². The molecule has 1 aliphatic heterocycles. The third-order valence-electron chi connectivity index (χ3n) is 4.46. The van der Waals surface area contributed by atoms with Crippen molar-refractivity contribution in [1.82, 2.24) is 4.98 Å². The number of nitrogens with zero attached hydrogens (tertiary/aromatic N) is 4. The fourth-order valence-electron chi connectivity index (χ4n) is 3.16. The lowest BCUT2D eigenvalue weighted by atomic mass is 10.1. The van der Waals surface area contributed by atoms with Gasteiger partial charge in [-0.3, -0.25) is 4.79 Å². The number of benzene rings is 1. The average molecular weight is 339 g/mol. The summed E-state index contributed by atoms with van der Waals surface area (Å²) >= 11 is 6.17. The number of rotatable bonds is 2. The van der Waals surface area contributed by atoms with Crippen LogP contribution in [-0.4, -0.2) is 30.0 Å². The highest BCUT2D eigenvalue weighted by atomic mass is 35.5. The predicted molar refractivity (Wildman–Crippen MR) is 92.4 cm³/mol. The summed E-state index contributed by atoms with van der Waals surface area (Å²) in [5.41, 5.74) is 2.59. The summed E-state index contributed by atoms with van der Waals surface area (Å²) < 4.78 is 0. The van der Waals surface area contributed by atoms with Gasteiger partial charge >= 0.3 is 0 Å². The molecule has 1 saturated carbocycles. The Hall–Kier alpha value is -2.58. The molecule has 1 aliphatic carbocycles. The molecular formula is C18H15ClN4O. The summed E-state index contributed by atoms with van der Waals surface area (Å²) in [6.07, 6.45) is 3.89. The highest BCUT2D eigenvalue weighted by Gasteiger charge is 2.35. The molecular weight excluding hydrogens is 324 g/mol. The van der Waals surface area contributed by atoms with Crippen LogP contribution in [0.25, 0.3) is 0 Å². The van der Waals surface area contributed by atoms with Gasteiger partial charge in [0.05, 0.1) is 11.4 Å². The number of anilines is 2. The van der Waals surface area contributed by atoms with Gasteiger partial charge in [0.25, 0.3) is 5.91 Å². The number of carbonyl (C=O) groups excluding carboxylic acids is 1. The van der Waals surface area contributed by atoms with Gasteiger partial charge in [-0.05, 0) is 43.2 Å². The molecule has 2 heterocycles. The van der Waals surface area contributed by atoms with Crippen molar-refractivity contribution in [3.05, 3.63) is 52.8 Å². The van der Waals surface area contributed by atoms with E-state index in [1.807, 2.05) is 24.3 Å². The molecule has 1 aromatic heterocycles. The largest absolute Gasteiger partial charge is 0.365 e. The van der Waals surface area contributed by atoms with E-state index in [-0.39, 0.29) is 11.6 Å². The van der Waals surface area contributed by atoms with Gasteiger partial charge in [-0.1, -0.05) is 11.6 Å². The summed E-state index contributed by atoms with van der Waals surface area (Å²) in [6, 6.07) is 11.4. The Kier molecular flexibility index (Phi) is 3.62. The molecule has 2 aliphatic rings. The fourth-order valence-corrected chi connectivity index (χ4v) is 3.33. The van der Waals surface area contributed by atoms with Crippen LogP contribution in [0.4, 0.5) is 11.4 Å². The average Bonchev–Trinajstić information content (AvgIpc) is 3.45. The van der Waals surface area contributed by atoms with Gasteiger partial charge in [0.15, 0.2) is 0 Å². The number of aromatic nitrogens is 1. The maximum atomic E-state index is 13.0. The Morgan fingerprint density at radius 3 is 2.79 bits per heavy atom. The van der Waals surface area contributed by atoms with Crippen LogP contribution in [-0.2, 0) is 0 Å². The first-order valence-electron chi connectivity index (χ1n) is 7.91. The smallest absolute Gasteiger partial charge is 0.258 e. The van der Waals surface area contributed by atoms with Crippen LogP contribution >= 0.6 is 11.6 Å². The topological polar surface area (TPSA) is 60.2 Å². The van der Waals surface area contributed by atoms with E-state index in [0.29, 0.717) is 23.2 Å². The van der Waals surface area contributed by atoms with Crippen molar-refractivity contribution in [1.29, 1.82) is 5.26 Å². The van der Waals surface area contributed by atoms with Crippen LogP contribution in [0.15, 0.2) is 36.5 Å². The minimum Gasteiger partial charge on any atom is -0.365 e. The van der Waals surface area contributed by atoms with Crippen LogP contribution in [0.5, 0.6) is 0 Å². The van der Waals surface area contributed by atoms with Gasteiger partial charge in [-0.15, -0.1) is 0 Å². The van der Waals surface area contributed by atoms with Crippen molar-refractivity contribution in [3.8, 4) is 6.07 Å². The highest BCUT2D eigenvalue weighted by molar-refractivity contribution is 6.31. The SMILES string of the molecule is N#Cc1cc(C(=O)N2CCN(C3CC3)c3ccc(Cl)cc32)ccn1. The van der Waals surface area contributed by atoms with Crippen molar-refractivity contribution >= 4 is 28.9 Å². The molecule has 0 saturated heterocycles. The van der Waals surface area contributed by atoms with Crippen molar-refractivity contribution in [2.24, 2.45) is 0 Å². The van der Waals surface area contributed by atoms with Crippen LogP contribution in [0.1, 0.15) is 28.9 Å². The number of carbonyl (C=O) groups is 1. The second-order valence-corrected chi connectivity index (χ2v) is 6.49. The highest BCUT2D eigenvalue weighted by Crippen LogP contribution is 2.41. The van der Waals surface area contributed by atoms with E-state index in [4.69, 9.17) is 16.9 Å². The molecule has 0 bridgehead atoms. The lowest BCUT2D eigenvalue weighted by molar-refractivity contribution is 0.0986. The van der Waals surface area contributed by atoms with Crippen molar-refractivity contribution in [2.45, 2.75) is 18.9 Å². The number of amides is 1. The molecule has 0 unspecified atom stereocenters. The van der Waals surface area contributed by atoms with E-state index in [9.17, 15) is 4.79 Å². The lowest BCUT2D eigenvalue weighted by Crippen LogP contribution is -2.45. The Morgan fingerprint density at radius 2 is 2.04 bits per heavy atom. The summed E-state index contributed by atoms with van der Waals surface area (Å²) in [5, 5.41) is 9.60. The van der Waals surface area contributed by atoms with Crippen LogP contribution < -0.4 is 9.80 Å². The van der Waals surface area contributed by atoms with E-state index in [0.717, 1.165) is 17.9 Å². The zero-order chi connectivity index (χ0) is 16.7. The molecule has 4 rings (SSSR count). The minimum atomic E-state index is -0.132. The van der Waals surface area contributed by atoms with Crippen LogP contribution in [0, 0.1) is 11.3 Å². The Balaban J connectivity index is 1.73. The zero-order valence-corrected chi connectivity index (χ0v) is 13.7. The molecule has 0 atom stereocenters. The second kappa shape index (κ2) is 5.81. The molecule has 1 fully saturated rings. The number of hydrogen-bond donors (Lipinski definition) is 0. The quantitative estimate of drug-likeness (QED) is 0.843. The van der Waals surface area contributed by atoms with Gasteiger partial charge < -0.3 is 9.80 Å². The Morgan fingerprint density at radius 1 is 1.21 bits per heavy atom. The number of nitriles is 1. The Bertz CT molecular complexity index is 856. The first-order chi connectivity index (χ1) is 11.7. The summed E-state index contributed by atoms with van der Waals surface area (Å²) in [4.78, 5) is 21.0. The number of fused-ring (bicyclic) bond motifs is 1. The van der Waals surface area contributed by atoms with Gasteiger partial charge in [-0.25, -0.2) is 4.98 Å². The molecule has 1 amide bonds. The van der Waals surface area contributed by atoms with Gasteiger partial charge in [0, 0.05) is 35.9 Å². The maximum absolute atomic E-state index is 13.0. The number of hydrogen-bond acceptors (Lipinski definition) is 4. The first-order valence-corrected chi connectivity index (χ1v) is 8.29. The molecule has 1 aromatic carbocycles. The number of halogens is 1. The minimum absolute atomic E-state index is 0.132. The number of pyridine rings is 1. The summed E-state index contributed by atoms with van der Waals surface area (Å²) in [7, 11) is 0. The zero-order valence-electron chi connectivity index (χ0n) is 12.9. The van der Waals surface area contributed by atoms with E-state index < -0.39 is 0 Å². The molecule has 2 aromatic rings. The van der Waals surface area contributed by atoms with Gasteiger partial charge in [-0.2, -0.15) is 5.26 Å². The third-order valence-corrected chi connectivity index (χ3v) is 4.69. The second-order valence-electron chi connectivity index (χ2n) is 6.06. The Labute approximate surface area is 145 Å². The van der Waals surface area contributed by atoms with Crippen molar-refractivity contribution in [3.63, 3.8) is 0 Å². The van der Waals surface area contributed by atoms with E-state index in [2.05, 4.69) is 9.88 Å². The van der Waals surface area contributed by atoms with Crippen LogP contribution in [0.2, 0.25) is 5.02 Å². The van der Waals surface area contributed by atoms with Crippen molar-refractivity contribution < 1.29 is 4.79 Å². The maximum Gasteiger partial charge on any atom is 0.258 e. The first kappa shape index (κ1) is 15.0. The standard InChI is InChI=1S/C18H15ClN4O/c19-13-1-4-16-17(10-13)23(8-7-22(16)15-2-3-15)18(24)12-5-6-21-14(9-12)11-20/h1,4-6,9-10,15H,2-3,7-8H2. The predicted octanol–water partition coefficient (Wildman–Crippen LogP) is 3.24. The molecule has 0 spiro atoms. The van der Waals surface area contributed by atoms with Crippen molar-refractivity contribution in [2.75, 3.05) is 22.9 Å². The fraction of sp³-hybridized carbons (Fsp3) is 0.278. The lowest BCUT2D eigenvalue weighted by Gasteiger charge is -2.38. The van der Waals surface area contributed by atoms with Crippen LogP contribution in [0.3, 0.4) is 0 Å². The summed E-state index contributed by atoms with van der Waals surface area (Å²) in [5.74, 6) is -0.132. The van der Waals surface area contributed by atoms with Gasteiger partial charge in [0.1, 0.15) is 11.8 Å². The molecule has 120 valence electrons. The molecule has 5 nitrogen and oxygen atoms in total. The van der Waals surface area contributed by atoms with Gasteiger partial charge in [0.2, 0.25) is 0 Å². The monoisotopic (exact) mass is 338 g/mol. The molecule has 24 heavy (non-hydrogen) atoms. The molecule has 0 N–H and O–H groups in total. The van der Waals surface area contributed by atoms with E-state index >= 15 is 0 Å². The molecule has 0 radical (unpaired) electrons.